The summed E-state index contributed by atoms with van der Waals surface area (Å²) in [5, 5.41) is 3.38. The average molecular weight is 473 g/mol. The summed E-state index contributed by atoms with van der Waals surface area (Å²) in [6.07, 6.45) is 1.75. The van der Waals surface area contributed by atoms with Crippen molar-refractivity contribution in [2.75, 3.05) is 36.5 Å². The van der Waals surface area contributed by atoms with Gasteiger partial charge in [-0.05, 0) is 54.6 Å². The van der Waals surface area contributed by atoms with Crippen molar-refractivity contribution in [2.45, 2.75) is 0 Å². The van der Waals surface area contributed by atoms with Crippen molar-refractivity contribution < 1.29 is 14.3 Å². The molecule has 1 aliphatic heterocycles. The van der Waals surface area contributed by atoms with E-state index in [0.717, 1.165) is 24.4 Å². The maximum Gasteiger partial charge on any atom is 0.255 e. The van der Waals surface area contributed by atoms with E-state index in [2.05, 4.69) is 15.2 Å². The van der Waals surface area contributed by atoms with Gasteiger partial charge in [-0.1, -0.05) is 23.7 Å². The Balaban J connectivity index is 1.37. The zero-order valence-electron chi connectivity index (χ0n) is 18.2. The van der Waals surface area contributed by atoms with Gasteiger partial charge in [-0.2, -0.15) is 0 Å². The summed E-state index contributed by atoms with van der Waals surface area (Å²) >= 11 is 5.89. The van der Waals surface area contributed by atoms with E-state index in [0.29, 0.717) is 46.1 Å². The quantitative estimate of drug-likeness (QED) is 0.427. The fourth-order valence-electron chi connectivity index (χ4n) is 3.80. The molecule has 1 fully saturated rings. The Morgan fingerprint density at radius 2 is 1.62 bits per heavy atom. The van der Waals surface area contributed by atoms with Crippen LogP contribution in [0.5, 0.6) is 0 Å². The highest BCUT2D eigenvalue weighted by atomic mass is 35.5. The Bertz CT molecular complexity index is 1370. The number of carbonyl (C=O) groups excluding carboxylic acids is 2. The number of nitrogens with one attached hydrogen (secondary N) is 1. The molecule has 1 saturated heterocycles. The number of amides is 1. The molecule has 170 valence electrons. The minimum Gasteiger partial charge on any atom is -0.378 e. The summed E-state index contributed by atoms with van der Waals surface area (Å²) in [4.78, 5) is 37.1. The third-order valence-corrected chi connectivity index (χ3v) is 5.87. The second-order valence-electron chi connectivity index (χ2n) is 7.90. The molecule has 3 aromatic carbocycles. The summed E-state index contributed by atoms with van der Waals surface area (Å²) in [5.74, 6) is 0.327. The first kappa shape index (κ1) is 22.0. The van der Waals surface area contributed by atoms with Gasteiger partial charge in [0.1, 0.15) is 5.82 Å². The van der Waals surface area contributed by atoms with Crippen LogP contribution in [0.1, 0.15) is 26.3 Å². The fraction of sp³-hybridized carbons (Fsp3) is 0.154. The summed E-state index contributed by atoms with van der Waals surface area (Å²) in [5.41, 5.74) is 3.35. The molecule has 1 aliphatic rings. The molecule has 1 N–H and O–H groups in total. The predicted octanol–water partition coefficient (Wildman–Crippen LogP) is 4.60. The largest absolute Gasteiger partial charge is 0.378 e. The molecule has 0 spiro atoms. The van der Waals surface area contributed by atoms with E-state index in [1.54, 1.807) is 72.9 Å². The number of hydrogen-bond acceptors (Lipinski definition) is 6. The Hall–Kier alpha value is -3.81. The van der Waals surface area contributed by atoms with Crippen LogP contribution >= 0.6 is 11.6 Å². The number of hydrogen-bond donors (Lipinski definition) is 1. The molecule has 34 heavy (non-hydrogen) atoms. The van der Waals surface area contributed by atoms with E-state index < -0.39 is 0 Å². The number of aromatic nitrogens is 2. The predicted molar refractivity (Wildman–Crippen MR) is 132 cm³/mol. The molecule has 7 nitrogen and oxygen atoms in total. The van der Waals surface area contributed by atoms with Gasteiger partial charge in [-0.15, -0.1) is 0 Å². The number of nitrogens with zero attached hydrogens (tertiary/aromatic N) is 3. The van der Waals surface area contributed by atoms with Crippen LogP contribution in [0.15, 0.2) is 72.9 Å². The van der Waals surface area contributed by atoms with Crippen LogP contribution in [-0.2, 0) is 4.74 Å². The zero-order valence-corrected chi connectivity index (χ0v) is 19.0. The molecule has 4 aromatic rings. The van der Waals surface area contributed by atoms with Crippen molar-refractivity contribution in [1.29, 1.82) is 0 Å². The van der Waals surface area contributed by atoms with Crippen LogP contribution in [0.4, 0.5) is 11.5 Å². The van der Waals surface area contributed by atoms with E-state index in [-0.39, 0.29) is 11.7 Å². The maximum absolute atomic E-state index is 13.2. The fourth-order valence-corrected chi connectivity index (χ4v) is 3.92. The Morgan fingerprint density at radius 3 is 2.41 bits per heavy atom. The molecule has 0 unspecified atom stereocenters. The highest BCUT2D eigenvalue weighted by Gasteiger charge is 2.16. The monoisotopic (exact) mass is 472 g/mol. The lowest BCUT2D eigenvalue weighted by molar-refractivity contribution is 0.102. The maximum atomic E-state index is 13.2. The van der Waals surface area contributed by atoms with Crippen LogP contribution in [0, 0.1) is 0 Å². The van der Waals surface area contributed by atoms with Gasteiger partial charge in [-0.25, -0.2) is 4.98 Å². The number of ether oxygens (including phenoxy) is 1. The first-order chi connectivity index (χ1) is 16.6. The average Bonchev–Trinajstić information content (AvgIpc) is 2.88. The van der Waals surface area contributed by atoms with Gasteiger partial charge in [0.05, 0.1) is 30.4 Å². The van der Waals surface area contributed by atoms with Gasteiger partial charge in [0, 0.05) is 40.5 Å². The third-order valence-electron chi connectivity index (χ3n) is 5.62. The Kier molecular flexibility index (Phi) is 6.20. The van der Waals surface area contributed by atoms with Crippen LogP contribution in [-0.4, -0.2) is 48.0 Å². The van der Waals surface area contributed by atoms with Crippen LogP contribution in [0.3, 0.4) is 0 Å². The van der Waals surface area contributed by atoms with Gasteiger partial charge >= 0.3 is 0 Å². The van der Waals surface area contributed by atoms with Crippen molar-refractivity contribution in [2.24, 2.45) is 0 Å². The van der Waals surface area contributed by atoms with Gasteiger partial charge in [-0.3, -0.25) is 14.6 Å². The number of fused-ring (bicyclic) bond motifs is 1. The number of halogens is 1. The van der Waals surface area contributed by atoms with Gasteiger partial charge in [0.25, 0.3) is 5.91 Å². The van der Waals surface area contributed by atoms with E-state index in [9.17, 15) is 9.59 Å². The van der Waals surface area contributed by atoms with Crippen molar-refractivity contribution in [3.8, 4) is 0 Å². The molecule has 0 radical (unpaired) electrons. The molecule has 1 aromatic heterocycles. The second-order valence-corrected chi connectivity index (χ2v) is 8.34. The van der Waals surface area contributed by atoms with Crippen molar-refractivity contribution >= 4 is 45.8 Å². The van der Waals surface area contributed by atoms with Crippen LogP contribution < -0.4 is 10.2 Å². The minimum atomic E-state index is -0.280. The zero-order chi connectivity index (χ0) is 23.5. The lowest BCUT2D eigenvalue weighted by Gasteiger charge is -2.27. The summed E-state index contributed by atoms with van der Waals surface area (Å²) in [6, 6.07) is 18.8. The number of morpholine rings is 1. The molecular formula is C26H21ClN4O3. The molecule has 1 amide bonds. The molecular weight excluding hydrogens is 452 g/mol. The van der Waals surface area contributed by atoms with Gasteiger partial charge in [0.2, 0.25) is 0 Å². The second kappa shape index (κ2) is 9.59. The summed E-state index contributed by atoms with van der Waals surface area (Å²) in [7, 11) is 0. The topological polar surface area (TPSA) is 84.4 Å². The highest BCUT2D eigenvalue weighted by Crippen LogP contribution is 2.21. The normalized spacial score (nSPS) is 13.6. The number of carbonyl (C=O) groups is 2. The number of ketones is 1. The molecule has 0 bridgehead atoms. The molecule has 2 heterocycles. The molecule has 8 heteroatoms. The molecule has 5 rings (SSSR count). The third kappa shape index (κ3) is 4.76. The molecule has 0 saturated carbocycles. The number of benzene rings is 3. The summed E-state index contributed by atoms with van der Waals surface area (Å²) in [6.45, 7) is 2.83. The van der Waals surface area contributed by atoms with Gasteiger partial charge < -0.3 is 15.0 Å². The SMILES string of the molecule is O=C(Nc1cccc(C(=O)c2ccc3ncc(N4CCOCC4)nc3c2)c1)c1ccc(Cl)cc1. The van der Waals surface area contributed by atoms with Gasteiger partial charge in [0.15, 0.2) is 5.78 Å². The van der Waals surface area contributed by atoms with E-state index in [1.807, 2.05) is 0 Å². The van der Waals surface area contributed by atoms with Crippen molar-refractivity contribution in [3.63, 3.8) is 0 Å². The van der Waals surface area contributed by atoms with E-state index in [1.165, 1.54) is 0 Å². The standard InChI is InChI=1S/C26H21ClN4O3/c27-20-7-4-17(5-8-20)26(33)29-21-3-1-2-18(14-21)25(32)19-6-9-22-23(15-19)30-24(16-28-22)31-10-12-34-13-11-31/h1-9,14-16H,10-13H2,(H,29,33). The van der Waals surface area contributed by atoms with E-state index in [4.69, 9.17) is 21.3 Å². The number of anilines is 2. The van der Waals surface area contributed by atoms with Crippen LogP contribution in [0.25, 0.3) is 11.0 Å². The molecule has 0 aliphatic carbocycles. The lowest BCUT2D eigenvalue weighted by atomic mass is 10.0. The highest BCUT2D eigenvalue weighted by molar-refractivity contribution is 6.30. The smallest absolute Gasteiger partial charge is 0.255 e. The number of rotatable bonds is 5. The van der Waals surface area contributed by atoms with Crippen LogP contribution in [0.2, 0.25) is 5.02 Å². The molecule has 0 atom stereocenters. The van der Waals surface area contributed by atoms with E-state index >= 15 is 0 Å². The van der Waals surface area contributed by atoms with Crippen molar-refractivity contribution in [3.05, 3.63) is 94.6 Å². The Morgan fingerprint density at radius 1 is 0.882 bits per heavy atom. The lowest BCUT2D eigenvalue weighted by Crippen LogP contribution is -2.36. The Labute approximate surface area is 201 Å². The van der Waals surface area contributed by atoms with Crippen molar-refractivity contribution in [1.82, 2.24) is 9.97 Å². The minimum absolute atomic E-state index is 0.164. The first-order valence-electron chi connectivity index (χ1n) is 10.9. The summed E-state index contributed by atoms with van der Waals surface area (Å²) < 4.78 is 5.41. The first-order valence-corrected chi connectivity index (χ1v) is 11.3.